The van der Waals surface area contributed by atoms with E-state index >= 15 is 0 Å². The minimum atomic E-state index is -0.454. The molecule has 1 amide bonds. The predicted molar refractivity (Wildman–Crippen MR) is 206 cm³/mol. The van der Waals surface area contributed by atoms with E-state index in [4.69, 9.17) is 15.5 Å². The van der Waals surface area contributed by atoms with Crippen LogP contribution in [0, 0.1) is 29.1 Å². The number of anilines is 2. The fourth-order valence-electron chi connectivity index (χ4n) is 10.5. The number of rotatable bonds is 6. The van der Waals surface area contributed by atoms with Gasteiger partial charge in [-0.3, -0.25) is 9.89 Å². The van der Waals surface area contributed by atoms with Gasteiger partial charge in [-0.05, 0) is 138 Å². The molecule has 4 unspecified atom stereocenters. The molecule has 3 saturated heterocycles. The van der Waals surface area contributed by atoms with Gasteiger partial charge in [0.05, 0.1) is 11.4 Å². The molecule has 0 radical (unpaired) electrons. The van der Waals surface area contributed by atoms with Gasteiger partial charge in [0.1, 0.15) is 11.4 Å². The summed E-state index contributed by atoms with van der Waals surface area (Å²) in [4.78, 5) is 24.8. The average Bonchev–Trinajstić information content (AvgIpc) is 3.39. The van der Waals surface area contributed by atoms with Gasteiger partial charge in [-0.1, -0.05) is 24.3 Å². The van der Waals surface area contributed by atoms with Crippen molar-refractivity contribution in [3.05, 3.63) is 53.8 Å². The monoisotopic (exact) mass is 707 g/mol. The first-order chi connectivity index (χ1) is 25.1. The molecule has 4 bridgehead atoms. The number of aliphatic imine (C=N–C) groups is 1. The Morgan fingerprint density at radius 1 is 1.02 bits per heavy atom. The molecule has 1 aromatic heterocycles. The third-order valence-electron chi connectivity index (χ3n) is 13.2. The van der Waals surface area contributed by atoms with Gasteiger partial charge >= 0.3 is 6.09 Å². The molecule has 3 aliphatic carbocycles. The average molecular weight is 708 g/mol. The summed E-state index contributed by atoms with van der Waals surface area (Å²) in [5.74, 6) is 3.26. The second kappa shape index (κ2) is 14.1. The van der Waals surface area contributed by atoms with E-state index in [-0.39, 0.29) is 11.8 Å². The second-order valence-electron chi connectivity index (χ2n) is 17.4. The fourth-order valence-corrected chi connectivity index (χ4v) is 10.5. The van der Waals surface area contributed by atoms with Crippen molar-refractivity contribution in [2.75, 3.05) is 49.9 Å². The van der Waals surface area contributed by atoms with Crippen LogP contribution in [-0.2, 0) is 4.74 Å². The Morgan fingerprint density at radius 3 is 2.54 bits per heavy atom. The van der Waals surface area contributed by atoms with Gasteiger partial charge in [0, 0.05) is 62.8 Å². The zero-order valence-electron chi connectivity index (χ0n) is 31.3. The van der Waals surface area contributed by atoms with E-state index in [9.17, 15) is 9.90 Å². The van der Waals surface area contributed by atoms with Crippen LogP contribution in [0.3, 0.4) is 0 Å². The largest absolute Gasteiger partial charge is 0.507 e. The maximum Gasteiger partial charge on any atom is 0.410 e. The number of aromatic hydroxyl groups is 1. The van der Waals surface area contributed by atoms with Gasteiger partial charge in [0.25, 0.3) is 0 Å². The van der Waals surface area contributed by atoms with E-state index in [0.717, 1.165) is 70.1 Å². The highest BCUT2D eigenvalue weighted by Crippen LogP contribution is 2.72. The lowest BCUT2D eigenvalue weighted by atomic mass is 9.37. The van der Waals surface area contributed by atoms with Crippen molar-refractivity contribution in [2.24, 2.45) is 34.1 Å². The number of nitrogens with zero attached hydrogens (tertiary/aromatic N) is 6. The van der Waals surface area contributed by atoms with Crippen molar-refractivity contribution in [2.45, 2.75) is 96.6 Å². The molecule has 52 heavy (non-hydrogen) atoms. The fraction of sp³-hybridized carbons (Fsp3) is 0.619. The maximum atomic E-state index is 12.6. The number of hydrogen-bond donors (Lipinski definition) is 2. The number of hydrogen-bond acceptors (Lipinski definition) is 9. The number of allylic oxidation sites excluding steroid dienone is 4. The first-order valence-corrected chi connectivity index (χ1v) is 19.9. The number of nitrogens with two attached hydrogens (primary N) is 1. The van der Waals surface area contributed by atoms with Crippen LogP contribution >= 0.6 is 0 Å². The Hall–Kier alpha value is -3.92. The predicted octanol–water partition coefficient (Wildman–Crippen LogP) is 7.46. The lowest BCUT2D eigenvalue weighted by Crippen LogP contribution is -2.61. The van der Waals surface area contributed by atoms with E-state index in [1.165, 1.54) is 56.2 Å². The molecule has 5 heterocycles. The standard InChI is InChI=1S/C42H57N7O3/c1-41(2,3)52-40(51)48-19-17-47(18-20-48)33-15-13-28(14-16-33)29-9-5-4-6-10-32(44-25-29)24-42-23-30-26-49(27-31(42)21-35(30)42)37-22-36(45-46-39(37)43)34-11-7-8-12-38(34)50/h7-12,22,25,28,30-31,33,35,50H,4-6,13-21,23-24,26-27H2,1-3H3,(H2,43,46)/b29-9?,32-10+,44-25?. The van der Waals surface area contributed by atoms with Crippen molar-refractivity contribution in [1.29, 1.82) is 0 Å². The molecular weight excluding hydrogens is 651 g/mol. The molecule has 3 N–H and O–H groups in total. The van der Waals surface area contributed by atoms with E-state index in [2.05, 4.69) is 38.4 Å². The van der Waals surface area contributed by atoms with Crippen LogP contribution in [0.5, 0.6) is 5.75 Å². The number of para-hydroxylation sites is 1. The van der Waals surface area contributed by atoms with Crippen LogP contribution in [0.2, 0.25) is 0 Å². The number of carbonyl (C=O) groups is 1. The molecule has 10 nitrogen and oxygen atoms in total. The number of phenolic OH excluding ortho intramolecular Hbond substituents is 1. The summed E-state index contributed by atoms with van der Waals surface area (Å²) in [6.07, 6.45) is 18.8. The number of fused-ring (bicyclic) bond motifs is 2. The van der Waals surface area contributed by atoms with Crippen LogP contribution in [0.4, 0.5) is 16.3 Å². The highest BCUT2D eigenvalue weighted by atomic mass is 16.6. The zero-order chi connectivity index (χ0) is 36.0. The second-order valence-corrected chi connectivity index (χ2v) is 17.4. The molecule has 278 valence electrons. The SMILES string of the molecule is CC(C)(C)OC(=O)N1CCN(C2CCC(C3=CCCC/C=C(\CC45CC6CN(c7cc(-c8ccccc8O)nnc7N)CC4CC65)N=C3)CC2)CC1. The first kappa shape index (κ1) is 35.1. The Labute approximate surface area is 309 Å². The zero-order valence-corrected chi connectivity index (χ0v) is 31.3. The van der Waals surface area contributed by atoms with Gasteiger partial charge in [-0.25, -0.2) is 4.79 Å². The quantitative estimate of drug-likeness (QED) is 0.318. The molecule has 0 spiro atoms. The van der Waals surface area contributed by atoms with Crippen molar-refractivity contribution in [3.63, 3.8) is 0 Å². The van der Waals surface area contributed by atoms with Crippen molar-refractivity contribution >= 4 is 23.8 Å². The van der Waals surface area contributed by atoms with Crippen molar-refractivity contribution < 1.29 is 14.6 Å². The molecule has 7 aliphatic rings. The number of aromatic nitrogens is 2. The summed E-state index contributed by atoms with van der Waals surface area (Å²) in [5.41, 5.74) is 11.3. The normalized spacial score (nSPS) is 31.8. The summed E-state index contributed by atoms with van der Waals surface area (Å²) < 4.78 is 5.61. The molecule has 10 heteroatoms. The topological polar surface area (TPSA) is 120 Å². The number of nitrogen functional groups attached to an aromatic ring is 1. The Kier molecular flexibility index (Phi) is 9.55. The maximum absolute atomic E-state index is 12.6. The lowest BCUT2D eigenvalue weighted by Gasteiger charge is -2.66. The van der Waals surface area contributed by atoms with Crippen molar-refractivity contribution in [3.8, 4) is 17.0 Å². The molecule has 6 fully saturated rings. The number of ether oxygens (including phenoxy) is 1. The summed E-state index contributed by atoms with van der Waals surface area (Å²) in [7, 11) is 0. The molecule has 4 aliphatic heterocycles. The summed E-state index contributed by atoms with van der Waals surface area (Å²) in [6, 6.07) is 9.91. The third-order valence-corrected chi connectivity index (χ3v) is 13.2. The van der Waals surface area contributed by atoms with Crippen LogP contribution in [0.1, 0.15) is 85.0 Å². The third kappa shape index (κ3) is 6.95. The van der Waals surface area contributed by atoms with Crippen molar-refractivity contribution in [1.82, 2.24) is 20.0 Å². The summed E-state index contributed by atoms with van der Waals surface area (Å²) >= 11 is 0. The Balaban J connectivity index is 0.878. The highest BCUT2D eigenvalue weighted by molar-refractivity contribution is 5.80. The van der Waals surface area contributed by atoms with Gasteiger partial charge in [-0.15, -0.1) is 10.2 Å². The molecule has 2 aromatic rings. The Bertz CT molecular complexity index is 1730. The molecule has 1 aromatic carbocycles. The van der Waals surface area contributed by atoms with E-state index in [1.807, 2.05) is 49.9 Å². The molecule has 3 saturated carbocycles. The number of piperazine rings is 1. The molecule has 9 rings (SSSR count). The van der Waals surface area contributed by atoms with E-state index < -0.39 is 5.60 Å². The summed E-state index contributed by atoms with van der Waals surface area (Å²) in [6.45, 7) is 11.1. The van der Waals surface area contributed by atoms with Crippen LogP contribution in [0.15, 0.2) is 58.7 Å². The van der Waals surface area contributed by atoms with Crippen LogP contribution in [-0.4, -0.2) is 88.3 Å². The highest BCUT2D eigenvalue weighted by Gasteiger charge is 2.67. The van der Waals surface area contributed by atoms with Gasteiger partial charge < -0.3 is 25.4 Å². The van der Waals surface area contributed by atoms with Gasteiger partial charge in [0.2, 0.25) is 0 Å². The van der Waals surface area contributed by atoms with Crippen LogP contribution < -0.4 is 10.6 Å². The van der Waals surface area contributed by atoms with Crippen LogP contribution in [0.25, 0.3) is 11.3 Å². The van der Waals surface area contributed by atoms with E-state index in [0.29, 0.717) is 46.3 Å². The number of carbonyl (C=O) groups excluding carboxylic acids is 1. The number of phenols is 1. The van der Waals surface area contributed by atoms with E-state index in [1.54, 1.807) is 6.07 Å². The smallest absolute Gasteiger partial charge is 0.410 e. The van der Waals surface area contributed by atoms with Gasteiger partial charge in [0.15, 0.2) is 5.82 Å². The molecular formula is C42H57N7O3. The minimum absolute atomic E-state index is 0.182. The van der Waals surface area contributed by atoms with Gasteiger partial charge in [-0.2, -0.15) is 0 Å². The number of amides is 1. The first-order valence-electron chi connectivity index (χ1n) is 19.9. The number of benzene rings is 1. The molecule has 4 atom stereocenters. The minimum Gasteiger partial charge on any atom is -0.507 e. The Morgan fingerprint density at radius 2 is 1.79 bits per heavy atom. The lowest BCUT2D eigenvalue weighted by molar-refractivity contribution is -0.169. The summed E-state index contributed by atoms with van der Waals surface area (Å²) in [5, 5.41) is 19.1.